The molecule has 0 bridgehead atoms. The third-order valence-corrected chi connectivity index (χ3v) is 3.81. The molecule has 0 aliphatic rings. The largest absolute Gasteiger partial charge is 0.380 e. The quantitative estimate of drug-likeness (QED) is 0.761. The summed E-state index contributed by atoms with van der Waals surface area (Å²) >= 11 is 7.65. The summed E-state index contributed by atoms with van der Waals surface area (Å²) in [5.41, 5.74) is 1.17. The van der Waals surface area contributed by atoms with Crippen molar-refractivity contribution in [3.8, 4) is 0 Å². The fourth-order valence-corrected chi connectivity index (χ4v) is 2.56. The maximum atomic E-state index is 5.99. The highest BCUT2D eigenvalue weighted by Gasteiger charge is 2.02. The Kier molecular flexibility index (Phi) is 6.36. The summed E-state index contributed by atoms with van der Waals surface area (Å²) in [6, 6.07) is 2.67. The molecule has 1 N–H and O–H groups in total. The van der Waals surface area contributed by atoms with Gasteiger partial charge in [0.15, 0.2) is 0 Å². The first kappa shape index (κ1) is 14.0. The predicted octanol–water partition coefficient (Wildman–Crippen LogP) is 3.27. The van der Waals surface area contributed by atoms with Gasteiger partial charge in [-0.25, -0.2) is 0 Å². The first-order chi connectivity index (χ1) is 7.59. The molecule has 0 aliphatic carbocycles. The van der Waals surface area contributed by atoms with Gasteiger partial charge in [-0.2, -0.15) is 0 Å². The van der Waals surface area contributed by atoms with Crippen molar-refractivity contribution in [2.24, 2.45) is 0 Å². The summed E-state index contributed by atoms with van der Waals surface area (Å²) < 4.78 is 6.44. The third kappa shape index (κ3) is 5.30. The lowest BCUT2D eigenvalue weighted by molar-refractivity contribution is 0.138. The minimum atomic E-state index is 0.530. The van der Waals surface area contributed by atoms with Gasteiger partial charge in [0.25, 0.3) is 0 Å². The summed E-state index contributed by atoms with van der Waals surface area (Å²) in [6.45, 7) is 8.77. The van der Waals surface area contributed by atoms with Crippen LogP contribution in [-0.4, -0.2) is 25.8 Å². The second-order valence-corrected chi connectivity index (χ2v) is 5.88. The molecule has 0 radical (unpaired) electrons. The Balaban J connectivity index is 2.07. The molecule has 0 amide bonds. The highest BCUT2D eigenvalue weighted by atomic mass is 35.5. The van der Waals surface area contributed by atoms with E-state index in [2.05, 4.69) is 25.2 Å². The van der Waals surface area contributed by atoms with Crippen LogP contribution in [-0.2, 0) is 11.2 Å². The third-order valence-electron chi connectivity index (χ3n) is 2.20. The first-order valence-electron chi connectivity index (χ1n) is 5.65. The first-order valence-corrected chi connectivity index (χ1v) is 6.85. The summed E-state index contributed by atoms with van der Waals surface area (Å²) in [7, 11) is 0. The van der Waals surface area contributed by atoms with Crippen LogP contribution in [0.1, 0.15) is 24.3 Å². The van der Waals surface area contributed by atoms with Crippen molar-refractivity contribution in [2.75, 3.05) is 19.8 Å². The van der Waals surface area contributed by atoms with E-state index < -0.39 is 0 Å². The Hall–Kier alpha value is -0.0900. The number of hydrogen-bond acceptors (Lipinski definition) is 3. The fourth-order valence-electron chi connectivity index (χ4n) is 1.34. The van der Waals surface area contributed by atoms with Gasteiger partial charge in [0.1, 0.15) is 0 Å². The molecular weight excluding hydrogens is 242 g/mol. The average Bonchev–Trinajstić information content (AvgIpc) is 2.52. The Bertz CT molecular complexity index is 292. The monoisotopic (exact) mass is 261 g/mol. The van der Waals surface area contributed by atoms with Gasteiger partial charge in [-0.3, -0.25) is 0 Å². The number of thiophene rings is 1. The van der Waals surface area contributed by atoms with Crippen LogP contribution < -0.4 is 5.32 Å². The average molecular weight is 262 g/mol. The molecule has 0 atom stereocenters. The van der Waals surface area contributed by atoms with Crippen molar-refractivity contribution < 1.29 is 4.74 Å². The molecular formula is C12H20ClNOS. The van der Waals surface area contributed by atoms with Gasteiger partial charge in [-0.1, -0.05) is 25.4 Å². The zero-order chi connectivity index (χ0) is 12.0. The smallest absolute Gasteiger partial charge is 0.0960 e. The summed E-state index contributed by atoms with van der Waals surface area (Å²) in [5, 5.41) is 3.31. The second-order valence-electron chi connectivity index (χ2n) is 4.14. The summed E-state index contributed by atoms with van der Waals surface area (Å²) in [6.07, 6.45) is 0.958. The van der Waals surface area contributed by atoms with Crippen LogP contribution in [0.2, 0.25) is 4.34 Å². The Labute approximate surface area is 107 Å². The maximum Gasteiger partial charge on any atom is 0.0960 e. The minimum Gasteiger partial charge on any atom is -0.380 e. The highest BCUT2D eigenvalue weighted by molar-refractivity contribution is 7.16. The minimum absolute atomic E-state index is 0.530. The lowest BCUT2D eigenvalue weighted by Gasteiger charge is -2.07. The van der Waals surface area contributed by atoms with Gasteiger partial charge in [-0.15, -0.1) is 11.3 Å². The van der Waals surface area contributed by atoms with E-state index >= 15 is 0 Å². The number of hydrogen-bond donors (Lipinski definition) is 1. The van der Waals surface area contributed by atoms with Crippen LogP contribution in [0, 0.1) is 6.92 Å². The van der Waals surface area contributed by atoms with E-state index in [1.807, 2.05) is 6.92 Å². The van der Waals surface area contributed by atoms with Crippen LogP contribution >= 0.6 is 22.9 Å². The van der Waals surface area contributed by atoms with E-state index in [0.29, 0.717) is 6.04 Å². The summed E-state index contributed by atoms with van der Waals surface area (Å²) in [4.78, 5) is 1.30. The van der Waals surface area contributed by atoms with Crippen LogP contribution in [0.3, 0.4) is 0 Å². The van der Waals surface area contributed by atoms with Gasteiger partial charge in [0.05, 0.1) is 17.6 Å². The predicted molar refractivity (Wildman–Crippen MR) is 71.7 cm³/mol. The van der Waals surface area contributed by atoms with E-state index in [1.54, 1.807) is 11.3 Å². The molecule has 1 rings (SSSR count). The Morgan fingerprint density at radius 2 is 2.19 bits per heavy atom. The molecule has 0 spiro atoms. The van der Waals surface area contributed by atoms with Crippen LogP contribution in [0.4, 0.5) is 0 Å². The SMILES string of the molecule is Cc1cc(CCOCCNC(C)C)sc1Cl. The van der Waals surface area contributed by atoms with Crippen molar-refractivity contribution in [3.05, 3.63) is 20.8 Å². The van der Waals surface area contributed by atoms with Crippen LogP contribution in [0.25, 0.3) is 0 Å². The van der Waals surface area contributed by atoms with Crippen molar-refractivity contribution in [1.82, 2.24) is 5.32 Å². The van der Waals surface area contributed by atoms with Crippen LogP contribution in [0.15, 0.2) is 6.07 Å². The second kappa shape index (κ2) is 7.28. The maximum absolute atomic E-state index is 5.99. The topological polar surface area (TPSA) is 21.3 Å². The van der Waals surface area contributed by atoms with Gasteiger partial charge in [-0.05, 0) is 18.6 Å². The fraction of sp³-hybridized carbons (Fsp3) is 0.667. The zero-order valence-electron chi connectivity index (χ0n) is 10.2. The molecule has 0 saturated carbocycles. The molecule has 4 heteroatoms. The molecule has 2 nitrogen and oxygen atoms in total. The van der Waals surface area contributed by atoms with E-state index in [-0.39, 0.29) is 0 Å². The molecule has 92 valence electrons. The number of halogens is 1. The molecule has 0 saturated heterocycles. The van der Waals surface area contributed by atoms with Crippen LogP contribution in [0.5, 0.6) is 0 Å². The van der Waals surface area contributed by atoms with E-state index in [0.717, 1.165) is 30.5 Å². The highest BCUT2D eigenvalue weighted by Crippen LogP contribution is 2.26. The molecule has 1 aromatic rings. The van der Waals surface area contributed by atoms with E-state index in [9.17, 15) is 0 Å². The number of ether oxygens (including phenoxy) is 1. The lowest BCUT2D eigenvalue weighted by Crippen LogP contribution is -2.26. The van der Waals surface area contributed by atoms with Crippen molar-refractivity contribution in [1.29, 1.82) is 0 Å². The van der Waals surface area contributed by atoms with Crippen molar-refractivity contribution in [3.63, 3.8) is 0 Å². The molecule has 0 aromatic carbocycles. The Morgan fingerprint density at radius 1 is 1.44 bits per heavy atom. The van der Waals surface area contributed by atoms with Gasteiger partial charge < -0.3 is 10.1 Å². The summed E-state index contributed by atoms with van der Waals surface area (Å²) in [5.74, 6) is 0. The molecule has 1 heterocycles. The van der Waals surface area contributed by atoms with Crippen molar-refractivity contribution >= 4 is 22.9 Å². The molecule has 0 aliphatic heterocycles. The number of nitrogens with one attached hydrogen (secondary N) is 1. The Morgan fingerprint density at radius 3 is 2.75 bits per heavy atom. The lowest BCUT2D eigenvalue weighted by atomic mass is 10.3. The van der Waals surface area contributed by atoms with Crippen molar-refractivity contribution in [2.45, 2.75) is 33.2 Å². The molecule has 0 unspecified atom stereocenters. The number of aryl methyl sites for hydroxylation is 1. The molecule has 1 aromatic heterocycles. The molecule has 0 fully saturated rings. The molecule has 16 heavy (non-hydrogen) atoms. The normalized spacial score (nSPS) is 11.3. The number of rotatable bonds is 7. The van der Waals surface area contributed by atoms with Gasteiger partial charge in [0, 0.05) is 23.9 Å². The van der Waals surface area contributed by atoms with Gasteiger partial charge in [0.2, 0.25) is 0 Å². The zero-order valence-corrected chi connectivity index (χ0v) is 11.8. The van der Waals surface area contributed by atoms with E-state index in [4.69, 9.17) is 16.3 Å². The van der Waals surface area contributed by atoms with E-state index in [1.165, 1.54) is 10.4 Å². The standard InChI is InChI=1S/C12H20ClNOS/c1-9(2)14-5-7-15-6-4-11-8-10(3)12(13)16-11/h8-9,14H,4-7H2,1-3H3. The van der Waals surface area contributed by atoms with Gasteiger partial charge >= 0.3 is 0 Å².